The molecule has 0 bridgehead atoms. The number of halogens is 1. The number of imidazole rings is 1. The van der Waals surface area contributed by atoms with Gasteiger partial charge in [0, 0.05) is 18.9 Å². The summed E-state index contributed by atoms with van der Waals surface area (Å²) in [7, 11) is 0. The zero-order valence-corrected chi connectivity index (χ0v) is 8.17. The van der Waals surface area contributed by atoms with Crippen molar-refractivity contribution in [3.63, 3.8) is 0 Å². The first-order valence-corrected chi connectivity index (χ1v) is 5.02. The number of anilines is 1. The van der Waals surface area contributed by atoms with Gasteiger partial charge in [0.15, 0.2) is 5.65 Å². The Balaban J connectivity index is 1.97. The molecular formula is C10H11FN4. The van der Waals surface area contributed by atoms with Gasteiger partial charge < -0.3 is 4.90 Å². The van der Waals surface area contributed by atoms with Gasteiger partial charge in [-0.25, -0.2) is 13.9 Å². The summed E-state index contributed by atoms with van der Waals surface area (Å²) < 4.78 is 14.7. The number of fused-ring (bicyclic) bond motifs is 1. The van der Waals surface area contributed by atoms with Crippen molar-refractivity contribution in [2.45, 2.75) is 12.6 Å². The Kier molecular flexibility index (Phi) is 1.83. The Morgan fingerprint density at radius 3 is 3.13 bits per heavy atom. The molecule has 0 spiro atoms. The fourth-order valence-electron chi connectivity index (χ4n) is 1.90. The highest BCUT2D eigenvalue weighted by atomic mass is 19.1. The average Bonchev–Trinajstić information content (AvgIpc) is 2.84. The zero-order valence-electron chi connectivity index (χ0n) is 8.17. The van der Waals surface area contributed by atoms with Crippen LogP contribution in [0.1, 0.15) is 6.42 Å². The van der Waals surface area contributed by atoms with Gasteiger partial charge in [-0.3, -0.25) is 0 Å². The zero-order chi connectivity index (χ0) is 10.3. The maximum atomic E-state index is 13.0. The number of alkyl halides is 1. The Labute approximate surface area is 86.3 Å². The predicted octanol–water partition coefficient (Wildman–Crippen LogP) is 1.28. The Hall–Kier alpha value is -1.65. The van der Waals surface area contributed by atoms with Crippen molar-refractivity contribution in [2.24, 2.45) is 0 Å². The van der Waals surface area contributed by atoms with Crippen LogP contribution in [0.3, 0.4) is 0 Å². The fraction of sp³-hybridized carbons (Fsp3) is 0.400. The van der Waals surface area contributed by atoms with Crippen molar-refractivity contribution < 1.29 is 4.39 Å². The molecule has 1 saturated heterocycles. The highest BCUT2D eigenvalue weighted by Crippen LogP contribution is 2.19. The van der Waals surface area contributed by atoms with E-state index in [1.807, 2.05) is 17.0 Å². The first kappa shape index (κ1) is 8.64. The summed E-state index contributed by atoms with van der Waals surface area (Å²) in [4.78, 5) is 6.07. The monoisotopic (exact) mass is 206 g/mol. The average molecular weight is 206 g/mol. The molecule has 2 aromatic heterocycles. The molecule has 0 unspecified atom stereocenters. The summed E-state index contributed by atoms with van der Waals surface area (Å²) >= 11 is 0. The van der Waals surface area contributed by atoms with Crippen LogP contribution in [0.15, 0.2) is 24.5 Å². The van der Waals surface area contributed by atoms with E-state index in [4.69, 9.17) is 0 Å². The summed E-state index contributed by atoms with van der Waals surface area (Å²) in [5.41, 5.74) is 0.815. The summed E-state index contributed by atoms with van der Waals surface area (Å²) in [5.74, 6) is 0.820. The second kappa shape index (κ2) is 3.18. The molecule has 0 saturated carbocycles. The van der Waals surface area contributed by atoms with Gasteiger partial charge in [0.05, 0.1) is 6.54 Å². The molecule has 1 fully saturated rings. The van der Waals surface area contributed by atoms with Crippen molar-refractivity contribution in [3.8, 4) is 0 Å². The van der Waals surface area contributed by atoms with Crippen LogP contribution < -0.4 is 4.90 Å². The van der Waals surface area contributed by atoms with Crippen LogP contribution in [0.2, 0.25) is 0 Å². The minimum absolute atomic E-state index is 0.452. The van der Waals surface area contributed by atoms with E-state index in [2.05, 4.69) is 10.1 Å². The Morgan fingerprint density at radius 2 is 2.33 bits per heavy atom. The molecule has 0 radical (unpaired) electrons. The molecule has 78 valence electrons. The number of nitrogens with zero attached hydrogens (tertiary/aromatic N) is 4. The van der Waals surface area contributed by atoms with Crippen LogP contribution in [-0.4, -0.2) is 33.9 Å². The second-order valence-corrected chi connectivity index (χ2v) is 3.75. The van der Waals surface area contributed by atoms with Crippen LogP contribution >= 0.6 is 0 Å². The first-order chi connectivity index (χ1) is 7.33. The normalized spacial score (nSPS) is 21.4. The number of hydrogen-bond donors (Lipinski definition) is 0. The quantitative estimate of drug-likeness (QED) is 0.704. The molecule has 0 N–H and O–H groups in total. The van der Waals surface area contributed by atoms with Gasteiger partial charge in [0.25, 0.3) is 0 Å². The number of rotatable bonds is 1. The molecule has 3 rings (SSSR count). The topological polar surface area (TPSA) is 33.4 Å². The standard InChI is InChI=1S/C10H11FN4/c11-8-3-5-14(7-8)10-2-1-9-12-4-6-15(9)13-10/h1-2,4,6,8H,3,5,7H2/t8-/m0/s1. The predicted molar refractivity (Wildman–Crippen MR) is 54.7 cm³/mol. The van der Waals surface area contributed by atoms with E-state index in [9.17, 15) is 4.39 Å². The highest BCUT2D eigenvalue weighted by Gasteiger charge is 2.22. The van der Waals surface area contributed by atoms with Crippen LogP contribution in [0.4, 0.5) is 10.2 Å². The van der Waals surface area contributed by atoms with E-state index >= 15 is 0 Å². The van der Waals surface area contributed by atoms with Crippen LogP contribution in [0.25, 0.3) is 5.65 Å². The molecule has 15 heavy (non-hydrogen) atoms. The van der Waals surface area contributed by atoms with Gasteiger partial charge >= 0.3 is 0 Å². The van der Waals surface area contributed by atoms with E-state index in [0.29, 0.717) is 13.0 Å². The maximum Gasteiger partial charge on any atom is 0.153 e. The molecule has 1 atom stereocenters. The number of aromatic nitrogens is 3. The van der Waals surface area contributed by atoms with E-state index in [1.54, 1.807) is 16.9 Å². The van der Waals surface area contributed by atoms with Crippen molar-refractivity contribution in [3.05, 3.63) is 24.5 Å². The lowest BCUT2D eigenvalue weighted by Crippen LogP contribution is -2.21. The molecule has 5 heteroatoms. The summed E-state index contributed by atoms with van der Waals surface area (Å²) in [5, 5.41) is 4.37. The summed E-state index contributed by atoms with van der Waals surface area (Å²) in [6.45, 7) is 1.20. The lowest BCUT2D eigenvalue weighted by molar-refractivity contribution is 0.364. The minimum Gasteiger partial charge on any atom is -0.352 e. The fourth-order valence-corrected chi connectivity index (χ4v) is 1.90. The number of hydrogen-bond acceptors (Lipinski definition) is 3. The van der Waals surface area contributed by atoms with Crippen LogP contribution in [0.5, 0.6) is 0 Å². The lowest BCUT2D eigenvalue weighted by atomic mass is 10.3. The lowest BCUT2D eigenvalue weighted by Gasteiger charge is -2.15. The minimum atomic E-state index is -0.717. The third-order valence-corrected chi connectivity index (χ3v) is 2.70. The van der Waals surface area contributed by atoms with Crippen molar-refractivity contribution in [1.29, 1.82) is 0 Å². The third kappa shape index (κ3) is 1.44. The van der Waals surface area contributed by atoms with Gasteiger partial charge in [-0.1, -0.05) is 0 Å². The molecule has 2 aromatic rings. The van der Waals surface area contributed by atoms with Gasteiger partial charge in [0.1, 0.15) is 12.0 Å². The largest absolute Gasteiger partial charge is 0.352 e. The van der Waals surface area contributed by atoms with Crippen molar-refractivity contribution in [1.82, 2.24) is 14.6 Å². The Morgan fingerprint density at radius 1 is 1.40 bits per heavy atom. The van der Waals surface area contributed by atoms with E-state index in [-0.39, 0.29) is 0 Å². The van der Waals surface area contributed by atoms with Crippen LogP contribution in [-0.2, 0) is 0 Å². The third-order valence-electron chi connectivity index (χ3n) is 2.70. The molecule has 3 heterocycles. The van der Waals surface area contributed by atoms with E-state index < -0.39 is 6.17 Å². The SMILES string of the molecule is F[C@H]1CCN(c2ccc3nccn3n2)C1. The Bertz CT molecular complexity index is 481. The molecule has 0 amide bonds. The molecule has 4 nitrogen and oxygen atoms in total. The van der Waals surface area contributed by atoms with Gasteiger partial charge in [0.2, 0.25) is 0 Å². The van der Waals surface area contributed by atoms with E-state index in [1.165, 1.54) is 0 Å². The smallest absolute Gasteiger partial charge is 0.153 e. The molecule has 0 aromatic carbocycles. The van der Waals surface area contributed by atoms with Crippen molar-refractivity contribution >= 4 is 11.5 Å². The van der Waals surface area contributed by atoms with Crippen LogP contribution in [0, 0.1) is 0 Å². The molecular weight excluding hydrogens is 195 g/mol. The van der Waals surface area contributed by atoms with E-state index in [0.717, 1.165) is 18.0 Å². The summed E-state index contributed by atoms with van der Waals surface area (Å²) in [6.07, 6.45) is 3.38. The second-order valence-electron chi connectivity index (χ2n) is 3.75. The van der Waals surface area contributed by atoms with Gasteiger partial charge in [-0.15, -0.1) is 5.10 Å². The van der Waals surface area contributed by atoms with Crippen molar-refractivity contribution in [2.75, 3.05) is 18.0 Å². The first-order valence-electron chi connectivity index (χ1n) is 5.02. The molecule has 1 aliphatic rings. The van der Waals surface area contributed by atoms with Gasteiger partial charge in [-0.05, 0) is 18.6 Å². The summed E-state index contributed by atoms with van der Waals surface area (Å²) in [6, 6.07) is 3.79. The maximum absolute atomic E-state index is 13.0. The van der Waals surface area contributed by atoms with Gasteiger partial charge in [-0.2, -0.15) is 0 Å². The molecule has 1 aliphatic heterocycles. The highest BCUT2D eigenvalue weighted by molar-refractivity contribution is 5.46. The molecule has 0 aliphatic carbocycles.